The van der Waals surface area contributed by atoms with E-state index in [2.05, 4.69) is 6.07 Å². The molecule has 0 unspecified atom stereocenters. The summed E-state index contributed by atoms with van der Waals surface area (Å²) in [7, 11) is 2.95. The molecule has 2 aromatic rings. The molecule has 0 spiro atoms. The zero-order chi connectivity index (χ0) is 18.1. The van der Waals surface area contributed by atoms with E-state index in [0.717, 1.165) is 34.8 Å². The largest absolute Gasteiger partial charge is 0.463 e. The SMILES string of the molecule is COC(=O)C1=C2CCCO[C@H]2C[C@@](OC)(c2ccc3ccccc3c2)O1. The van der Waals surface area contributed by atoms with Gasteiger partial charge >= 0.3 is 5.97 Å². The molecule has 2 aliphatic rings. The number of ether oxygens (including phenoxy) is 4. The molecule has 2 atom stereocenters. The maximum absolute atomic E-state index is 12.4. The molecule has 5 heteroatoms. The maximum atomic E-state index is 12.4. The van der Waals surface area contributed by atoms with Crippen LogP contribution in [-0.2, 0) is 29.5 Å². The molecule has 2 heterocycles. The molecule has 0 radical (unpaired) electrons. The summed E-state index contributed by atoms with van der Waals surface area (Å²) in [6.07, 6.45) is 1.92. The van der Waals surface area contributed by atoms with Crippen molar-refractivity contribution in [3.8, 4) is 0 Å². The van der Waals surface area contributed by atoms with E-state index in [0.29, 0.717) is 13.0 Å². The van der Waals surface area contributed by atoms with Crippen molar-refractivity contribution >= 4 is 16.7 Å². The van der Waals surface area contributed by atoms with Crippen molar-refractivity contribution < 1.29 is 23.7 Å². The van der Waals surface area contributed by atoms with Gasteiger partial charge in [0, 0.05) is 31.3 Å². The van der Waals surface area contributed by atoms with E-state index in [1.54, 1.807) is 7.11 Å². The minimum atomic E-state index is -1.08. The van der Waals surface area contributed by atoms with Gasteiger partial charge in [0.15, 0.2) is 0 Å². The number of fused-ring (bicyclic) bond motifs is 2. The molecule has 0 bridgehead atoms. The van der Waals surface area contributed by atoms with E-state index < -0.39 is 11.8 Å². The highest BCUT2D eigenvalue weighted by Crippen LogP contribution is 2.44. The fraction of sp³-hybridized carbons (Fsp3) is 0.381. The number of carbonyl (C=O) groups excluding carboxylic acids is 1. The number of esters is 1. The monoisotopic (exact) mass is 354 g/mol. The van der Waals surface area contributed by atoms with Crippen LogP contribution in [0.5, 0.6) is 0 Å². The fourth-order valence-electron chi connectivity index (χ4n) is 3.82. The highest BCUT2D eigenvalue weighted by Gasteiger charge is 2.47. The van der Waals surface area contributed by atoms with E-state index in [1.165, 1.54) is 7.11 Å². The summed E-state index contributed by atoms with van der Waals surface area (Å²) < 4.78 is 22.9. The Morgan fingerprint density at radius 1 is 1.15 bits per heavy atom. The fourth-order valence-corrected chi connectivity index (χ4v) is 3.82. The van der Waals surface area contributed by atoms with E-state index in [-0.39, 0.29) is 11.9 Å². The molecule has 4 rings (SSSR count). The maximum Gasteiger partial charge on any atom is 0.373 e. The average Bonchev–Trinajstić information content (AvgIpc) is 2.71. The third kappa shape index (κ3) is 2.77. The zero-order valence-electron chi connectivity index (χ0n) is 15.0. The van der Waals surface area contributed by atoms with Gasteiger partial charge in [-0.25, -0.2) is 4.79 Å². The van der Waals surface area contributed by atoms with E-state index in [1.807, 2.05) is 36.4 Å². The smallest absolute Gasteiger partial charge is 0.373 e. The van der Waals surface area contributed by atoms with Crippen molar-refractivity contribution in [2.24, 2.45) is 0 Å². The van der Waals surface area contributed by atoms with E-state index in [9.17, 15) is 4.79 Å². The summed E-state index contributed by atoms with van der Waals surface area (Å²) in [4.78, 5) is 12.4. The molecule has 1 saturated heterocycles. The van der Waals surface area contributed by atoms with Crippen LogP contribution >= 0.6 is 0 Å². The Hall–Kier alpha value is -2.37. The number of hydrogen-bond donors (Lipinski definition) is 0. The van der Waals surface area contributed by atoms with E-state index in [4.69, 9.17) is 18.9 Å². The van der Waals surface area contributed by atoms with Crippen molar-refractivity contribution in [3.05, 3.63) is 59.4 Å². The number of carbonyl (C=O) groups is 1. The lowest BCUT2D eigenvalue weighted by atomic mass is 9.87. The van der Waals surface area contributed by atoms with Gasteiger partial charge in [0.2, 0.25) is 11.5 Å². The molecule has 136 valence electrons. The minimum Gasteiger partial charge on any atom is -0.463 e. The van der Waals surface area contributed by atoms with Gasteiger partial charge in [-0.1, -0.05) is 36.4 Å². The first-order valence-electron chi connectivity index (χ1n) is 8.83. The van der Waals surface area contributed by atoms with Crippen molar-refractivity contribution in [1.82, 2.24) is 0 Å². The molecule has 0 amide bonds. The first-order chi connectivity index (χ1) is 12.7. The van der Waals surface area contributed by atoms with Crippen molar-refractivity contribution in [2.75, 3.05) is 20.8 Å². The molecule has 26 heavy (non-hydrogen) atoms. The standard InChI is InChI=1S/C21H22O5/c1-23-20(22)19-17-8-5-11-25-18(17)13-21(24-2,26-19)16-10-9-14-6-3-4-7-15(14)12-16/h3-4,6-7,9-10,12,18H,5,8,11,13H2,1-2H3/t18-,21-/m0/s1. The highest BCUT2D eigenvalue weighted by molar-refractivity contribution is 5.88. The number of hydrogen-bond acceptors (Lipinski definition) is 5. The summed E-state index contributed by atoms with van der Waals surface area (Å²) in [6.45, 7) is 0.667. The number of rotatable bonds is 3. The molecule has 5 nitrogen and oxygen atoms in total. The number of methoxy groups -OCH3 is 2. The summed E-state index contributed by atoms with van der Waals surface area (Å²) in [5, 5.41) is 2.22. The van der Waals surface area contributed by atoms with Crippen LogP contribution in [0.3, 0.4) is 0 Å². The topological polar surface area (TPSA) is 54.0 Å². The Bertz CT molecular complexity index is 872. The van der Waals surface area contributed by atoms with Crippen LogP contribution in [0.1, 0.15) is 24.8 Å². The molecule has 1 fully saturated rings. The Labute approximate surface area is 152 Å². The average molecular weight is 354 g/mol. The van der Waals surface area contributed by atoms with Gasteiger partial charge in [0.1, 0.15) is 0 Å². The molecular weight excluding hydrogens is 332 g/mol. The molecule has 0 aliphatic carbocycles. The molecular formula is C21H22O5. The van der Waals surface area contributed by atoms with Gasteiger partial charge in [-0.2, -0.15) is 0 Å². The van der Waals surface area contributed by atoms with Gasteiger partial charge in [-0.3, -0.25) is 0 Å². The van der Waals surface area contributed by atoms with Crippen LogP contribution in [0.15, 0.2) is 53.8 Å². The Balaban J connectivity index is 1.81. The molecule has 0 N–H and O–H groups in total. The lowest BCUT2D eigenvalue weighted by Crippen LogP contribution is -2.44. The Morgan fingerprint density at radius 2 is 1.96 bits per heavy atom. The summed E-state index contributed by atoms with van der Waals surface area (Å²) >= 11 is 0. The van der Waals surface area contributed by atoms with Crippen molar-refractivity contribution in [2.45, 2.75) is 31.2 Å². The third-order valence-corrected chi connectivity index (χ3v) is 5.20. The minimum absolute atomic E-state index is 0.210. The highest BCUT2D eigenvalue weighted by atomic mass is 16.7. The Kier molecular flexibility index (Phi) is 4.42. The van der Waals surface area contributed by atoms with Gasteiger partial charge in [-0.05, 0) is 29.7 Å². The number of benzene rings is 2. The van der Waals surface area contributed by atoms with Crippen molar-refractivity contribution in [1.29, 1.82) is 0 Å². The van der Waals surface area contributed by atoms with Crippen molar-refractivity contribution in [3.63, 3.8) is 0 Å². The van der Waals surface area contributed by atoms with Crippen LogP contribution in [0.4, 0.5) is 0 Å². The molecule has 0 saturated carbocycles. The van der Waals surface area contributed by atoms with E-state index >= 15 is 0 Å². The van der Waals surface area contributed by atoms with Crippen LogP contribution in [0, 0.1) is 0 Å². The predicted molar refractivity (Wildman–Crippen MR) is 96.4 cm³/mol. The lowest BCUT2D eigenvalue weighted by molar-refractivity contribution is -0.241. The van der Waals surface area contributed by atoms with Crippen LogP contribution in [0.2, 0.25) is 0 Å². The second-order valence-corrected chi connectivity index (χ2v) is 6.63. The second-order valence-electron chi connectivity index (χ2n) is 6.63. The quantitative estimate of drug-likeness (QED) is 0.787. The lowest BCUT2D eigenvalue weighted by Gasteiger charge is -2.43. The van der Waals surface area contributed by atoms with Gasteiger partial charge in [0.25, 0.3) is 0 Å². The third-order valence-electron chi connectivity index (χ3n) is 5.20. The normalized spacial score (nSPS) is 25.5. The van der Waals surface area contributed by atoms with Gasteiger partial charge < -0.3 is 18.9 Å². The summed E-state index contributed by atoms with van der Waals surface area (Å²) in [5.41, 5.74) is 1.73. The first kappa shape index (κ1) is 17.1. The molecule has 2 aromatic carbocycles. The van der Waals surface area contributed by atoms with Crippen LogP contribution in [-0.4, -0.2) is 32.9 Å². The van der Waals surface area contributed by atoms with Gasteiger partial charge in [0.05, 0.1) is 13.2 Å². The zero-order valence-corrected chi connectivity index (χ0v) is 15.0. The summed E-state index contributed by atoms with van der Waals surface area (Å²) in [6, 6.07) is 14.2. The Morgan fingerprint density at radius 3 is 2.73 bits per heavy atom. The molecule has 0 aromatic heterocycles. The van der Waals surface area contributed by atoms with Crippen LogP contribution in [0.25, 0.3) is 10.8 Å². The first-order valence-corrected chi connectivity index (χ1v) is 8.83. The van der Waals surface area contributed by atoms with Crippen LogP contribution < -0.4 is 0 Å². The predicted octanol–water partition coefficient (Wildman–Crippen LogP) is 3.67. The second kappa shape index (κ2) is 6.74. The molecule has 2 aliphatic heterocycles. The summed E-state index contributed by atoms with van der Waals surface area (Å²) in [5.74, 6) is -1.35. The van der Waals surface area contributed by atoms with Gasteiger partial charge in [-0.15, -0.1) is 0 Å².